The minimum atomic E-state index is -0.271. The van der Waals surface area contributed by atoms with Crippen LogP contribution in [0.2, 0.25) is 0 Å². The van der Waals surface area contributed by atoms with Crippen molar-refractivity contribution < 1.29 is 14.3 Å². The van der Waals surface area contributed by atoms with Gasteiger partial charge in [-0.2, -0.15) is 0 Å². The molecule has 2 aromatic heterocycles. The highest BCUT2D eigenvalue weighted by Crippen LogP contribution is 2.33. The lowest BCUT2D eigenvalue weighted by Crippen LogP contribution is -2.33. The molecule has 1 amide bonds. The van der Waals surface area contributed by atoms with Crippen LogP contribution in [-0.2, 0) is 20.8 Å². The average molecular weight is 381 g/mol. The van der Waals surface area contributed by atoms with Crippen molar-refractivity contribution in [3.63, 3.8) is 0 Å². The molecule has 0 aliphatic carbocycles. The van der Waals surface area contributed by atoms with E-state index in [1.165, 1.54) is 17.6 Å². The Bertz CT molecular complexity index is 1010. The van der Waals surface area contributed by atoms with E-state index in [9.17, 15) is 4.79 Å². The molecule has 6 nitrogen and oxygen atoms in total. The number of amides is 1. The molecule has 138 valence electrons. The Morgan fingerprint density at radius 1 is 1.30 bits per heavy atom. The van der Waals surface area contributed by atoms with Gasteiger partial charge in [0.25, 0.3) is 5.91 Å². The van der Waals surface area contributed by atoms with Gasteiger partial charge in [0.1, 0.15) is 19.5 Å². The highest BCUT2D eigenvalue weighted by Gasteiger charge is 2.26. The number of benzene rings is 1. The fraction of sp³-hybridized carbons (Fsp3) is 0.250. The van der Waals surface area contributed by atoms with E-state index in [-0.39, 0.29) is 11.7 Å². The normalized spacial score (nSPS) is 13.6. The highest BCUT2D eigenvalue weighted by atomic mass is 32.1. The van der Waals surface area contributed by atoms with Gasteiger partial charge in [0.05, 0.1) is 16.8 Å². The molecule has 0 saturated heterocycles. The molecule has 0 atom stereocenters. The number of aromatic nitrogens is 2. The second-order valence-electron chi connectivity index (χ2n) is 6.38. The first-order chi connectivity index (χ1) is 13.1. The number of carbonyl (C=O) groups excluding carboxylic acids is 1. The lowest BCUT2D eigenvalue weighted by atomic mass is 10.1. The highest BCUT2D eigenvalue weighted by molar-refractivity contribution is 7.22. The number of aryl methyl sites for hydroxylation is 2. The van der Waals surface area contributed by atoms with Crippen molar-refractivity contribution in [2.75, 3.05) is 18.1 Å². The predicted octanol–water partition coefficient (Wildman–Crippen LogP) is 3.73. The van der Waals surface area contributed by atoms with Gasteiger partial charge in [-0.15, -0.1) is 0 Å². The molecule has 0 fully saturated rings. The number of ether oxygens (including phenoxy) is 2. The van der Waals surface area contributed by atoms with E-state index in [1.807, 2.05) is 25.1 Å². The van der Waals surface area contributed by atoms with Crippen LogP contribution >= 0.6 is 11.3 Å². The molecule has 1 aliphatic rings. The molecule has 0 unspecified atom stereocenters. The number of fused-ring (bicyclic) bond motifs is 1. The van der Waals surface area contributed by atoms with E-state index >= 15 is 0 Å². The number of rotatable bonds is 4. The molecule has 7 heteroatoms. The van der Waals surface area contributed by atoms with Gasteiger partial charge in [-0.25, -0.2) is 4.98 Å². The van der Waals surface area contributed by atoms with E-state index < -0.39 is 0 Å². The fourth-order valence-electron chi connectivity index (χ4n) is 2.99. The largest absolute Gasteiger partial charge is 0.494 e. The first kappa shape index (κ1) is 17.5. The number of hydrogen-bond acceptors (Lipinski definition) is 6. The van der Waals surface area contributed by atoms with Crippen molar-refractivity contribution >= 4 is 32.6 Å². The maximum Gasteiger partial charge on any atom is 0.298 e. The van der Waals surface area contributed by atoms with Crippen LogP contribution in [0.3, 0.4) is 0 Å². The summed E-state index contributed by atoms with van der Waals surface area (Å²) in [5.74, 6) is -0.0794. The molecule has 4 rings (SSSR count). The van der Waals surface area contributed by atoms with E-state index in [0.29, 0.717) is 24.9 Å². The summed E-state index contributed by atoms with van der Waals surface area (Å²) >= 11 is 1.50. The molecule has 0 bridgehead atoms. The first-order valence-corrected chi connectivity index (χ1v) is 9.46. The summed E-state index contributed by atoms with van der Waals surface area (Å²) in [5, 5.41) is 0.627. The van der Waals surface area contributed by atoms with Gasteiger partial charge in [-0.1, -0.05) is 23.5 Å². The third-order valence-corrected chi connectivity index (χ3v) is 5.44. The zero-order chi connectivity index (χ0) is 18.8. The lowest BCUT2D eigenvalue weighted by molar-refractivity contribution is -0.119. The van der Waals surface area contributed by atoms with Crippen molar-refractivity contribution in [2.24, 2.45) is 0 Å². The molecule has 3 aromatic rings. The van der Waals surface area contributed by atoms with Crippen molar-refractivity contribution in [3.8, 4) is 0 Å². The Labute approximate surface area is 161 Å². The molecular weight excluding hydrogens is 362 g/mol. The third-order valence-electron chi connectivity index (χ3n) is 4.21. The molecule has 0 radical (unpaired) electrons. The number of thiazole rings is 1. The maximum atomic E-state index is 13.1. The van der Waals surface area contributed by atoms with E-state index in [1.54, 1.807) is 17.3 Å². The lowest BCUT2D eigenvalue weighted by Gasteiger charge is -2.23. The van der Waals surface area contributed by atoms with Crippen LogP contribution in [-0.4, -0.2) is 29.1 Å². The van der Waals surface area contributed by atoms with E-state index in [0.717, 1.165) is 26.9 Å². The van der Waals surface area contributed by atoms with Crippen molar-refractivity contribution in [1.82, 2.24) is 9.97 Å². The quantitative estimate of drug-likeness (QED) is 0.689. The standard InChI is InChI=1S/C20H19N3O3S/c1-13-8-14(2)18-16(9-13)22-20(27-18)23(11-15-4-3-5-21-10-15)19(24)17-12-25-6-7-26-17/h3-5,8-10,12H,6-7,11H2,1-2H3. The molecule has 27 heavy (non-hydrogen) atoms. The monoisotopic (exact) mass is 381 g/mol. The molecule has 0 saturated carbocycles. The summed E-state index contributed by atoms with van der Waals surface area (Å²) in [4.78, 5) is 23.6. The van der Waals surface area contributed by atoms with Gasteiger partial charge in [0.15, 0.2) is 5.13 Å². The third kappa shape index (κ3) is 3.64. The smallest absolute Gasteiger partial charge is 0.298 e. The van der Waals surface area contributed by atoms with E-state index in [4.69, 9.17) is 14.5 Å². The minimum absolute atomic E-state index is 0.192. The van der Waals surface area contributed by atoms with Crippen LogP contribution in [0.1, 0.15) is 16.7 Å². The second kappa shape index (κ2) is 7.36. The fourth-order valence-corrected chi connectivity index (χ4v) is 4.01. The van der Waals surface area contributed by atoms with Crippen LogP contribution in [0.4, 0.5) is 5.13 Å². The van der Waals surface area contributed by atoms with Gasteiger partial charge in [-0.3, -0.25) is 14.7 Å². The van der Waals surface area contributed by atoms with Crippen molar-refractivity contribution in [2.45, 2.75) is 20.4 Å². The van der Waals surface area contributed by atoms with E-state index in [2.05, 4.69) is 18.0 Å². The molecule has 1 aliphatic heterocycles. The number of carbonyl (C=O) groups is 1. The van der Waals surface area contributed by atoms with Crippen LogP contribution < -0.4 is 4.90 Å². The maximum absolute atomic E-state index is 13.1. The van der Waals surface area contributed by atoms with Gasteiger partial charge in [-0.05, 0) is 42.7 Å². The number of pyridine rings is 1. The SMILES string of the molecule is Cc1cc(C)c2sc(N(Cc3cccnc3)C(=O)C3=COCCO3)nc2c1. The Balaban J connectivity index is 1.76. The van der Waals surface area contributed by atoms with Crippen LogP contribution in [0.25, 0.3) is 10.2 Å². The minimum Gasteiger partial charge on any atom is -0.494 e. The zero-order valence-corrected chi connectivity index (χ0v) is 16.0. The van der Waals surface area contributed by atoms with Gasteiger partial charge >= 0.3 is 0 Å². The molecule has 0 spiro atoms. The Hall–Kier alpha value is -2.93. The summed E-state index contributed by atoms with van der Waals surface area (Å²) in [6, 6.07) is 7.94. The molecule has 3 heterocycles. The summed E-state index contributed by atoms with van der Waals surface area (Å²) < 4.78 is 11.9. The molecule has 0 N–H and O–H groups in total. The molecular formula is C20H19N3O3S. The van der Waals surface area contributed by atoms with Gasteiger partial charge in [0, 0.05) is 12.4 Å². The van der Waals surface area contributed by atoms with Gasteiger partial charge in [0.2, 0.25) is 5.76 Å². The van der Waals surface area contributed by atoms with Gasteiger partial charge < -0.3 is 9.47 Å². The average Bonchev–Trinajstić information content (AvgIpc) is 3.11. The molecule has 1 aromatic carbocycles. The van der Waals surface area contributed by atoms with Crippen molar-refractivity contribution in [1.29, 1.82) is 0 Å². The number of hydrogen-bond donors (Lipinski definition) is 0. The number of nitrogens with zero attached hydrogens (tertiary/aromatic N) is 3. The Kier molecular flexibility index (Phi) is 4.77. The Morgan fingerprint density at radius 3 is 2.93 bits per heavy atom. The number of anilines is 1. The second-order valence-corrected chi connectivity index (χ2v) is 7.36. The van der Waals surface area contributed by atoms with Crippen LogP contribution in [0, 0.1) is 13.8 Å². The summed E-state index contributed by atoms with van der Waals surface area (Å²) in [7, 11) is 0. The summed E-state index contributed by atoms with van der Waals surface area (Å²) in [6.45, 7) is 5.26. The summed E-state index contributed by atoms with van der Waals surface area (Å²) in [6.07, 6.45) is 4.83. The topological polar surface area (TPSA) is 64.6 Å². The Morgan fingerprint density at radius 2 is 2.19 bits per heavy atom. The summed E-state index contributed by atoms with van der Waals surface area (Å²) in [5.41, 5.74) is 4.11. The van der Waals surface area contributed by atoms with Crippen molar-refractivity contribution in [3.05, 3.63) is 65.4 Å². The zero-order valence-electron chi connectivity index (χ0n) is 15.1. The van der Waals surface area contributed by atoms with Crippen LogP contribution in [0.15, 0.2) is 48.7 Å². The van der Waals surface area contributed by atoms with Crippen LogP contribution in [0.5, 0.6) is 0 Å². The first-order valence-electron chi connectivity index (χ1n) is 8.65. The predicted molar refractivity (Wildman–Crippen MR) is 105 cm³/mol.